The van der Waals surface area contributed by atoms with Gasteiger partial charge in [0.1, 0.15) is 0 Å². The van der Waals surface area contributed by atoms with Gasteiger partial charge in [-0.2, -0.15) is 0 Å². The van der Waals surface area contributed by atoms with Gasteiger partial charge in [-0.05, 0) is 11.6 Å². The zero-order chi connectivity index (χ0) is 11.7. The van der Waals surface area contributed by atoms with Crippen molar-refractivity contribution in [2.45, 2.75) is 19.3 Å². The second kappa shape index (κ2) is 3.96. The third-order valence-corrected chi connectivity index (χ3v) is 2.87. The molecule has 1 aliphatic heterocycles. The molecule has 16 heavy (non-hydrogen) atoms. The zero-order valence-electron chi connectivity index (χ0n) is 9.01. The molecule has 1 amide bonds. The number of aliphatic carboxylic acids is 1. The number of hydrogen-bond donors (Lipinski definition) is 1. The zero-order valence-corrected chi connectivity index (χ0v) is 9.01. The van der Waals surface area contributed by atoms with Crippen LogP contribution in [0.2, 0.25) is 0 Å². The van der Waals surface area contributed by atoms with Crippen molar-refractivity contribution in [1.29, 1.82) is 0 Å². The molecule has 0 aliphatic carbocycles. The van der Waals surface area contributed by atoms with Gasteiger partial charge < -0.3 is 10.0 Å². The van der Waals surface area contributed by atoms with Gasteiger partial charge in [0.15, 0.2) is 0 Å². The minimum Gasteiger partial charge on any atom is -0.481 e. The van der Waals surface area contributed by atoms with E-state index >= 15 is 0 Å². The van der Waals surface area contributed by atoms with Crippen LogP contribution in [-0.4, -0.2) is 23.5 Å². The van der Waals surface area contributed by atoms with Crippen LogP contribution in [0.1, 0.15) is 24.8 Å². The van der Waals surface area contributed by atoms with E-state index in [1.165, 1.54) is 6.92 Å². The summed E-state index contributed by atoms with van der Waals surface area (Å²) in [6.07, 6.45) is 0.0702. The van der Waals surface area contributed by atoms with E-state index in [1.54, 1.807) is 4.90 Å². The fourth-order valence-electron chi connectivity index (χ4n) is 2.18. The Kier molecular flexibility index (Phi) is 2.64. The minimum atomic E-state index is -0.829. The SMILES string of the molecule is CC(=O)N1CC(CC(=O)O)c2ccccc21. The van der Waals surface area contributed by atoms with Gasteiger partial charge in [-0.3, -0.25) is 9.59 Å². The molecule has 0 fully saturated rings. The molecule has 1 N–H and O–H groups in total. The van der Waals surface area contributed by atoms with E-state index in [0.29, 0.717) is 6.54 Å². The maximum absolute atomic E-state index is 11.4. The highest BCUT2D eigenvalue weighted by atomic mass is 16.4. The van der Waals surface area contributed by atoms with Crippen molar-refractivity contribution in [2.24, 2.45) is 0 Å². The van der Waals surface area contributed by atoms with Gasteiger partial charge in [-0.25, -0.2) is 0 Å². The lowest BCUT2D eigenvalue weighted by molar-refractivity contribution is -0.137. The highest BCUT2D eigenvalue weighted by Crippen LogP contribution is 2.37. The highest BCUT2D eigenvalue weighted by molar-refractivity contribution is 5.94. The summed E-state index contributed by atoms with van der Waals surface area (Å²) in [5.74, 6) is -0.955. The topological polar surface area (TPSA) is 57.6 Å². The molecule has 1 unspecified atom stereocenters. The van der Waals surface area contributed by atoms with Crippen molar-refractivity contribution in [3.05, 3.63) is 29.8 Å². The maximum atomic E-state index is 11.4. The quantitative estimate of drug-likeness (QED) is 0.822. The number of anilines is 1. The molecule has 1 heterocycles. The molecule has 0 aromatic heterocycles. The van der Waals surface area contributed by atoms with Gasteiger partial charge in [-0.1, -0.05) is 18.2 Å². The summed E-state index contributed by atoms with van der Waals surface area (Å²) in [4.78, 5) is 23.8. The Labute approximate surface area is 93.5 Å². The monoisotopic (exact) mass is 219 g/mol. The lowest BCUT2D eigenvalue weighted by Gasteiger charge is -2.14. The number of carboxylic acid groups (broad SMARTS) is 1. The normalized spacial score (nSPS) is 18.3. The first-order valence-corrected chi connectivity index (χ1v) is 5.18. The molecular weight excluding hydrogens is 206 g/mol. The molecule has 0 radical (unpaired) electrons. The van der Waals surface area contributed by atoms with Crippen molar-refractivity contribution in [3.63, 3.8) is 0 Å². The van der Waals surface area contributed by atoms with Crippen LogP contribution in [0.5, 0.6) is 0 Å². The number of fused-ring (bicyclic) bond motifs is 1. The first kappa shape index (κ1) is 10.7. The van der Waals surface area contributed by atoms with Gasteiger partial charge >= 0.3 is 5.97 Å². The number of carbonyl (C=O) groups is 2. The number of rotatable bonds is 2. The van der Waals surface area contributed by atoms with Crippen molar-refractivity contribution < 1.29 is 14.7 Å². The van der Waals surface area contributed by atoms with Crippen LogP contribution in [0.3, 0.4) is 0 Å². The van der Waals surface area contributed by atoms with E-state index in [4.69, 9.17) is 5.11 Å². The molecular formula is C12H13NO3. The van der Waals surface area contributed by atoms with E-state index < -0.39 is 5.97 Å². The van der Waals surface area contributed by atoms with E-state index in [2.05, 4.69) is 0 Å². The summed E-state index contributed by atoms with van der Waals surface area (Å²) in [6, 6.07) is 7.49. The summed E-state index contributed by atoms with van der Waals surface area (Å²) in [6.45, 7) is 1.97. The molecule has 0 spiro atoms. The number of carboxylic acids is 1. The third-order valence-electron chi connectivity index (χ3n) is 2.87. The largest absolute Gasteiger partial charge is 0.481 e. The number of carbonyl (C=O) groups excluding carboxylic acids is 1. The molecule has 2 rings (SSSR count). The van der Waals surface area contributed by atoms with Crippen molar-refractivity contribution in [2.75, 3.05) is 11.4 Å². The van der Waals surface area contributed by atoms with E-state index in [9.17, 15) is 9.59 Å². The summed E-state index contributed by atoms with van der Waals surface area (Å²) in [5.41, 5.74) is 1.81. The number of nitrogens with zero attached hydrogens (tertiary/aromatic N) is 1. The Balaban J connectivity index is 2.35. The lowest BCUT2D eigenvalue weighted by Crippen LogP contribution is -2.27. The predicted octanol–water partition coefficient (Wildman–Crippen LogP) is 1.61. The second-order valence-corrected chi connectivity index (χ2v) is 3.98. The van der Waals surface area contributed by atoms with E-state index in [-0.39, 0.29) is 18.2 Å². The van der Waals surface area contributed by atoms with Crippen LogP contribution in [0.15, 0.2) is 24.3 Å². The molecule has 4 heteroatoms. The number of hydrogen-bond acceptors (Lipinski definition) is 2. The Hall–Kier alpha value is -1.84. The van der Waals surface area contributed by atoms with Gasteiger partial charge in [0.2, 0.25) is 5.91 Å². The van der Waals surface area contributed by atoms with Crippen LogP contribution < -0.4 is 4.90 Å². The molecule has 1 aliphatic rings. The maximum Gasteiger partial charge on any atom is 0.304 e. The Bertz CT molecular complexity index is 442. The van der Waals surface area contributed by atoms with Crippen LogP contribution >= 0.6 is 0 Å². The fraction of sp³-hybridized carbons (Fsp3) is 0.333. The van der Waals surface area contributed by atoms with Crippen LogP contribution in [0, 0.1) is 0 Å². The number of benzene rings is 1. The molecule has 1 aromatic rings. The van der Waals surface area contributed by atoms with E-state index in [1.807, 2.05) is 24.3 Å². The minimum absolute atomic E-state index is 0.0414. The summed E-state index contributed by atoms with van der Waals surface area (Å²) in [7, 11) is 0. The van der Waals surface area contributed by atoms with Crippen LogP contribution in [0.4, 0.5) is 5.69 Å². The fourth-order valence-corrected chi connectivity index (χ4v) is 2.18. The van der Waals surface area contributed by atoms with Crippen molar-refractivity contribution in [1.82, 2.24) is 0 Å². The molecule has 1 aromatic carbocycles. The van der Waals surface area contributed by atoms with Gasteiger partial charge in [0.05, 0.1) is 6.42 Å². The molecule has 0 bridgehead atoms. The lowest BCUT2D eigenvalue weighted by atomic mass is 9.98. The Morgan fingerprint density at radius 3 is 2.75 bits per heavy atom. The Morgan fingerprint density at radius 1 is 1.44 bits per heavy atom. The summed E-state index contributed by atoms with van der Waals surface area (Å²) in [5, 5.41) is 8.82. The van der Waals surface area contributed by atoms with Gasteiger partial charge in [-0.15, -0.1) is 0 Å². The Morgan fingerprint density at radius 2 is 2.12 bits per heavy atom. The number of amides is 1. The van der Waals surface area contributed by atoms with E-state index in [0.717, 1.165) is 11.3 Å². The predicted molar refractivity (Wildman–Crippen MR) is 59.5 cm³/mol. The average Bonchev–Trinajstić information content (AvgIpc) is 2.57. The molecule has 1 atom stereocenters. The first-order valence-electron chi connectivity index (χ1n) is 5.18. The molecule has 84 valence electrons. The van der Waals surface area contributed by atoms with Crippen molar-refractivity contribution in [3.8, 4) is 0 Å². The average molecular weight is 219 g/mol. The molecule has 4 nitrogen and oxygen atoms in total. The van der Waals surface area contributed by atoms with Gasteiger partial charge in [0.25, 0.3) is 0 Å². The number of para-hydroxylation sites is 1. The standard InChI is InChI=1S/C12H13NO3/c1-8(14)13-7-9(6-12(15)16)10-4-2-3-5-11(10)13/h2-5,9H,6-7H2,1H3,(H,15,16). The van der Waals surface area contributed by atoms with Gasteiger partial charge in [0, 0.05) is 25.1 Å². The second-order valence-electron chi connectivity index (χ2n) is 3.98. The summed E-state index contributed by atoms with van der Waals surface area (Å²) < 4.78 is 0. The highest BCUT2D eigenvalue weighted by Gasteiger charge is 2.31. The van der Waals surface area contributed by atoms with Crippen molar-refractivity contribution >= 4 is 17.6 Å². The first-order chi connectivity index (χ1) is 7.59. The molecule has 0 saturated carbocycles. The third kappa shape index (κ3) is 1.78. The summed E-state index contributed by atoms with van der Waals surface area (Å²) >= 11 is 0. The van der Waals surface area contributed by atoms with Crippen LogP contribution in [-0.2, 0) is 9.59 Å². The molecule has 0 saturated heterocycles. The smallest absolute Gasteiger partial charge is 0.304 e. The van der Waals surface area contributed by atoms with Crippen LogP contribution in [0.25, 0.3) is 0 Å².